The number of thiocarbonyl (C=S) groups is 1. The van der Waals surface area contributed by atoms with Gasteiger partial charge in [0.1, 0.15) is 0 Å². The maximum Gasteiger partial charge on any atom is 0.305 e. The zero-order chi connectivity index (χ0) is 17.4. The zero-order valence-corrected chi connectivity index (χ0v) is 15.1. The van der Waals surface area contributed by atoms with Gasteiger partial charge in [-0.05, 0) is 48.0 Å². The van der Waals surface area contributed by atoms with Crippen molar-refractivity contribution in [3.05, 3.63) is 42.5 Å². The first-order chi connectivity index (χ1) is 11.6. The van der Waals surface area contributed by atoms with Gasteiger partial charge in [0, 0.05) is 25.7 Å². The first kappa shape index (κ1) is 18.2. The number of carbonyl (C=O) groups is 1. The summed E-state index contributed by atoms with van der Waals surface area (Å²) in [7, 11) is 3.39. The maximum absolute atomic E-state index is 11.0. The van der Waals surface area contributed by atoms with Crippen LogP contribution < -0.4 is 10.2 Å². The Morgan fingerprint density at radius 3 is 2.62 bits per heavy atom. The molecule has 0 fully saturated rings. The molecule has 0 spiro atoms. The minimum absolute atomic E-state index is 0.144. The van der Waals surface area contributed by atoms with Crippen LogP contribution in [0.4, 0.5) is 5.69 Å². The van der Waals surface area contributed by atoms with Gasteiger partial charge >= 0.3 is 5.97 Å². The Morgan fingerprint density at radius 2 is 1.88 bits per heavy atom. The summed E-state index contributed by atoms with van der Waals surface area (Å²) >= 11 is 5.46. The lowest BCUT2D eigenvalue weighted by Crippen LogP contribution is -2.37. The van der Waals surface area contributed by atoms with E-state index < -0.39 is 0 Å². The van der Waals surface area contributed by atoms with Gasteiger partial charge in [-0.25, -0.2) is 0 Å². The first-order valence-electron chi connectivity index (χ1n) is 8.19. The number of carbonyl (C=O) groups excluding carboxylic acids is 1. The molecule has 0 aliphatic carbocycles. The van der Waals surface area contributed by atoms with Crippen molar-refractivity contribution in [2.24, 2.45) is 0 Å². The summed E-state index contributed by atoms with van der Waals surface area (Å²) in [5, 5.41) is 6.40. The molecule has 0 aliphatic heterocycles. The molecule has 2 aromatic carbocycles. The van der Waals surface area contributed by atoms with Crippen LogP contribution >= 0.6 is 12.2 Å². The van der Waals surface area contributed by atoms with Crippen molar-refractivity contribution in [2.75, 3.05) is 25.6 Å². The second kappa shape index (κ2) is 9.23. The predicted molar refractivity (Wildman–Crippen MR) is 103 cm³/mol. The highest BCUT2D eigenvalue weighted by atomic mass is 32.1. The molecule has 0 aliphatic rings. The van der Waals surface area contributed by atoms with Gasteiger partial charge in [0.15, 0.2) is 5.11 Å². The first-order valence-corrected chi connectivity index (χ1v) is 8.60. The standard InChI is InChI=1S/C19H24N2O2S/c1-21(17-12-11-15-8-5-6-9-16(15)14-17)19(24)20-13-7-3-4-10-18(22)23-2/h5-6,8-9,11-12,14H,3-4,7,10,13H2,1-2H3,(H,20,24). The Balaban J connectivity index is 1.78. The molecule has 0 amide bonds. The molecule has 4 nitrogen and oxygen atoms in total. The Labute approximate surface area is 148 Å². The van der Waals surface area contributed by atoms with Crippen LogP contribution in [0.1, 0.15) is 25.7 Å². The van der Waals surface area contributed by atoms with Crippen LogP contribution in [0.25, 0.3) is 10.8 Å². The molecule has 0 unspecified atom stereocenters. The Kier molecular flexibility index (Phi) is 7.00. The van der Waals surface area contributed by atoms with E-state index in [1.807, 2.05) is 24.1 Å². The topological polar surface area (TPSA) is 41.6 Å². The van der Waals surface area contributed by atoms with E-state index in [9.17, 15) is 4.79 Å². The molecular formula is C19H24N2O2S. The molecule has 0 saturated carbocycles. The monoisotopic (exact) mass is 344 g/mol. The number of esters is 1. The van der Waals surface area contributed by atoms with E-state index in [0.29, 0.717) is 11.5 Å². The third kappa shape index (κ3) is 5.20. The van der Waals surface area contributed by atoms with Crippen LogP contribution in [0.5, 0.6) is 0 Å². The molecule has 128 valence electrons. The number of ether oxygens (including phenoxy) is 1. The Morgan fingerprint density at radius 1 is 1.12 bits per heavy atom. The lowest BCUT2D eigenvalue weighted by Gasteiger charge is -2.21. The van der Waals surface area contributed by atoms with E-state index in [-0.39, 0.29) is 5.97 Å². The fourth-order valence-electron chi connectivity index (χ4n) is 2.49. The summed E-state index contributed by atoms with van der Waals surface area (Å²) in [6, 6.07) is 14.6. The normalized spacial score (nSPS) is 10.4. The summed E-state index contributed by atoms with van der Waals surface area (Å²) in [6.07, 6.45) is 3.28. The summed E-state index contributed by atoms with van der Waals surface area (Å²) in [6.45, 7) is 0.803. The third-order valence-corrected chi connectivity index (χ3v) is 4.40. The van der Waals surface area contributed by atoms with Crippen molar-refractivity contribution in [2.45, 2.75) is 25.7 Å². The molecule has 24 heavy (non-hydrogen) atoms. The van der Waals surface area contributed by atoms with Gasteiger partial charge in [0.2, 0.25) is 0 Å². The average Bonchev–Trinajstić information content (AvgIpc) is 2.62. The lowest BCUT2D eigenvalue weighted by atomic mass is 10.1. The molecule has 2 rings (SSSR count). The Bertz CT molecular complexity index is 703. The second-order valence-corrected chi connectivity index (χ2v) is 6.10. The van der Waals surface area contributed by atoms with Crippen LogP contribution in [-0.2, 0) is 9.53 Å². The van der Waals surface area contributed by atoms with Crippen LogP contribution in [-0.4, -0.2) is 31.8 Å². The van der Waals surface area contributed by atoms with Gasteiger partial charge in [-0.1, -0.05) is 36.8 Å². The number of nitrogens with zero attached hydrogens (tertiary/aromatic N) is 1. The molecule has 0 saturated heterocycles. The second-order valence-electron chi connectivity index (χ2n) is 5.71. The minimum Gasteiger partial charge on any atom is -0.469 e. The highest BCUT2D eigenvalue weighted by Crippen LogP contribution is 2.21. The van der Waals surface area contributed by atoms with Gasteiger partial charge in [0.25, 0.3) is 0 Å². The van der Waals surface area contributed by atoms with Gasteiger partial charge in [-0.3, -0.25) is 4.79 Å². The number of fused-ring (bicyclic) bond motifs is 1. The van der Waals surface area contributed by atoms with Gasteiger partial charge in [-0.15, -0.1) is 0 Å². The number of nitrogens with one attached hydrogen (secondary N) is 1. The van der Waals surface area contributed by atoms with E-state index in [2.05, 4.69) is 40.4 Å². The van der Waals surface area contributed by atoms with E-state index in [1.54, 1.807) is 0 Å². The fraction of sp³-hybridized carbons (Fsp3) is 0.368. The molecule has 2 aromatic rings. The number of unbranched alkanes of at least 4 members (excludes halogenated alkanes) is 2. The fourth-order valence-corrected chi connectivity index (χ4v) is 2.70. The minimum atomic E-state index is -0.144. The van der Waals surface area contributed by atoms with Gasteiger partial charge in [0.05, 0.1) is 7.11 Å². The Hall–Kier alpha value is -2.14. The van der Waals surface area contributed by atoms with Gasteiger partial charge in [-0.2, -0.15) is 0 Å². The number of hydrogen-bond donors (Lipinski definition) is 1. The van der Waals surface area contributed by atoms with Crippen molar-refractivity contribution in [1.82, 2.24) is 5.32 Å². The highest BCUT2D eigenvalue weighted by Gasteiger charge is 2.07. The number of hydrogen-bond acceptors (Lipinski definition) is 3. The summed E-state index contributed by atoms with van der Waals surface area (Å²) in [5.41, 5.74) is 1.07. The van der Waals surface area contributed by atoms with Crippen molar-refractivity contribution in [3.8, 4) is 0 Å². The molecule has 0 bridgehead atoms. The molecule has 0 heterocycles. The van der Waals surface area contributed by atoms with E-state index >= 15 is 0 Å². The van der Waals surface area contributed by atoms with Crippen molar-refractivity contribution >= 4 is 39.8 Å². The molecular weight excluding hydrogens is 320 g/mol. The molecule has 0 aromatic heterocycles. The number of benzene rings is 2. The smallest absolute Gasteiger partial charge is 0.305 e. The zero-order valence-electron chi connectivity index (χ0n) is 14.2. The summed E-state index contributed by atoms with van der Waals surface area (Å²) in [5.74, 6) is -0.144. The maximum atomic E-state index is 11.0. The quantitative estimate of drug-likeness (QED) is 0.469. The number of rotatable bonds is 7. The SMILES string of the molecule is COC(=O)CCCCCNC(=S)N(C)c1ccc2ccccc2c1. The summed E-state index contributed by atoms with van der Waals surface area (Å²) < 4.78 is 4.62. The lowest BCUT2D eigenvalue weighted by molar-refractivity contribution is -0.140. The van der Waals surface area contributed by atoms with Crippen molar-refractivity contribution in [1.29, 1.82) is 0 Å². The molecule has 0 radical (unpaired) electrons. The van der Waals surface area contributed by atoms with Crippen molar-refractivity contribution < 1.29 is 9.53 Å². The number of anilines is 1. The van der Waals surface area contributed by atoms with Crippen LogP contribution in [0.2, 0.25) is 0 Å². The van der Waals surface area contributed by atoms with E-state index in [1.165, 1.54) is 17.9 Å². The van der Waals surface area contributed by atoms with Gasteiger partial charge < -0.3 is 15.0 Å². The third-order valence-electron chi connectivity index (χ3n) is 3.99. The molecule has 0 atom stereocenters. The van der Waals surface area contributed by atoms with Crippen molar-refractivity contribution in [3.63, 3.8) is 0 Å². The number of methoxy groups -OCH3 is 1. The van der Waals surface area contributed by atoms with Crippen LogP contribution in [0.15, 0.2) is 42.5 Å². The largest absolute Gasteiger partial charge is 0.469 e. The summed E-state index contributed by atoms with van der Waals surface area (Å²) in [4.78, 5) is 13.0. The van der Waals surface area contributed by atoms with Crippen LogP contribution in [0.3, 0.4) is 0 Å². The molecule has 5 heteroatoms. The molecule has 1 N–H and O–H groups in total. The highest BCUT2D eigenvalue weighted by molar-refractivity contribution is 7.80. The average molecular weight is 344 g/mol. The van der Waals surface area contributed by atoms with E-state index in [4.69, 9.17) is 12.2 Å². The van der Waals surface area contributed by atoms with E-state index in [0.717, 1.165) is 31.5 Å². The predicted octanol–water partition coefficient (Wildman–Crippen LogP) is 3.88. The van der Waals surface area contributed by atoms with Crippen LogP contribution in [0, 0.1) is 0 Å².